The zero-order chi connectivity index (χ0) is 7.28. The minimum absolute atomic E-state index is 0.236. The highest BCUT2D eigenvalue weighted by Crippen LogP contribution is 1.81. The van der Waals surface area contributed by atoms with Gasteiger partial charge in [0.25, 0.3) is 0 Å². The van der Waals surface area contributed by atoms with Gasteiger partial charge in [-0.3, -0.25) is 5.32 Å². The molecule has 3 nitrogen and oxygen atoms in total. The Balaban J connectivity index is 3.53. The largest absolute Gasteiger partial charge is 0.287 e. The van der Waals surface area contributed by atoms with Crippen LogP contribution in [-0.4, -0.2) is 12.1 Å². The quantitative estimate of drug-likeness (QED) is 0.578. The van der Waals surface area contributed by atoms with Crippen LogP contribution in [0.4, 0.5) is 0 Å². The highest BCUT2D eigenvalue weighted by atomic mass is 14.9. The molecule has 0 amide bonds. The molecular weight excluding hydrogens is 114 g/mol. The SMILES string of the molecule is C[C@H](C#N)N[C@@H](C)C#N. The lowest BCUT2D eigenvalue weighted by Crippen LogP contribution is -2.32. The van der Waals surface area contributed by atoms with E-state index >= 15 is 0 Å². The van der Waals surface area contributed by atoms with Gasteiger partial charge in [-0.15, -0.1) is 0 Å². The average molecular weight is 123 g/mol. The van der Waals surface area contributed by atoms with Gasteiger partial charge >= 0.3 is 0 Å². The number of nitriles is 2. The molecule has 0 saturated carbocycles. The zero-order valence-electron chi connectivity index (χ0n) is 5.55. The molecular formula is C6H9N3. The zero-order valence-corrected chi connectivity index (χ0v) is 5.55. The molecule has 9 heavy (non-hydrogen) atoms. The maximum atomic E-state index is 8.26. The lowest BCUT2D eigenvalue weighted by Gasteiger charge is -2.05. The Kier molecular flexibility index (Phi) is 3.43. The highest BCUT2D eigenvalue weighted by Gasteiger charge is 2.02. The maximum Gasteiger partial charge on any atom is 0.0934 e. The molecule has 2 atom stereocenters. The average Bonchev–Trinajstić information content (AvgIpc) is 1.87. The van der Waals surface area contributed by atoms with Crippen LogP contribution in [0.2, 0.25) is 0 Å². The Morgan fingerprint density at radius 3 is 1.67 bits per heavy atom. The Bertz CT molecular complexity index is 133. The molecule has 0 rings (SSSR count). The molecule has 0 spiro atoms. The second-order valence-corrected chi connectivity index (χ2v) is 1.87. The highest BCUT2D eigenvalue weighted by molar-refractivity contribution is 4.94. The summed E-state index contributed by atoms with van der Waals surface area (Å²) in [6.45, 7) is 3.43. The molecule has 48 valence electrons. The smallest absolute Gasteiger partial charge is 0.0934 e. The summed E-state index contributed by atoms with van der Waals surface area (Å²) in [5.41, 5.74) is 0. The molecule has 0 aliphatic rings. The van der Waals surface area contributed by atoms with E-state index in [-0.39, 0.29) is 12.1 Å². The first kappa shape index (κ1) is 7.94. The standard InChI is InChI=1S/C6H9N3/c1-5(3-7)9-6(2)4-8/h5-6,9H,1-2H3/t5-,6+. The van der Waals surface area contributed by atoms with Gasteiger partial charge < -0.3 is 0 Å². The van der Waals surface area contributed by atoms with Crippen LogP contribution in [0.5, 0.6) is 0 Å². The van der Waals surface area contributed by atoms with Gasteiger partial charge in [0.05, 0.1) is 24.2 Å². The van der Waals surface area contributed by atoms with E-state index in [4.69, 9.17) is 10.5 Å². The second kappa shape index (κ2) is 3.88. The third kappa shape index (κ3) is 3.52. The summed E-state index contributed by atoms with van der Waals surface area (Å²) in [6, 6.07) is 3.46. The molecule has 0 unspecified atom stereocenters. The molecule has 3 heteroatoms. The van der Waals surface area contributed by atoms with Crippen molar-refractivity contribution in [3.63, 3.8) is 0 Å². The molecule has 0 aliphatic heterocycles. The van der Waals surface area contributed by atoms with Crippen LogP contribution >= 0.6 is 0 Å². The van der Waals surface area contributed by atoms with Crippen molar-refractivity contribution in [2.45, 2.75) is 25.9 Å². The van der Waals surface area contributed by atoms with Crippen LogP contribution in [0.3, 0.4) is 0 Å². The van der Waals surface area contributed by atoms with Crippen LogP contribution in [0.1, 0.15) is 13.8 Å². The van der Waals surface area contributed by atoms with Gasteiger partial charge in [-0.2, -0.15) is 10.5 Å². The van der Waals surface area contributed by atoms with Crippen molar-refractivity contribution in [3.8, 4) is 12.1 Å². The van der Waals surface area contributed by atoms with Crippen LogP contribution in [0.15, 0.2) is 0 Å². The summed E-state index contributed by atoms with van der Waals surface area (Å²) in [5.74, 6) is 0. The van der Waals surface area contributed by atoms with Gasteiger partial charge in [-0.05, 0) is 13.8 Å². The fourth-order valence-corrected chi connectivity index (χ4v) is 0.450. The Morgan fingerprint density at radius 2 is 1.44 bits per heavy atom. The molecule has 1 N–H and O–H groups in total. The molecule has 0 saturated heterocycles. The third-order valence-corrected chi connectivity index (χ3v) is 0.887. The number of hydrogen-bond acceptors (Lipinski definition) is 3. The van der Waals surface area contributed by atoms with Crippen LogP contribution < -0.4 is 5.32 Å². The van der Waals surface area contributed by atoms with Crippen molar-refractivity contribution in [2.24, 2.45) is 0 Å². The Hall–Kier alpha value is -1.06. The van der Waals surface area contributed by atoms with Crippen molar-refractivity contribution in [1.29, 1.82) is 10.5 Å². The van der Waals surface area contributed by atoms with E-state index in [1.807, 2.05) is 12.1 Å². The van der Waals surface area contributed by atoms with Gasteiger partial charge in [0, 0.05) is 0 Å². The fraction of sp³-hybridized carbons (Fsp3) is 0.667. The fourth-order valence-electron chi connectivity index (χ4n) is 0.450. The summed E-state index contributed by atoms with van der Waals surface area (Å²) in [4.78, 5) is 0. The van der Waals surface area contributed by atoms with Crippen LogP contribution in [-0.2, 0) is 0 Å². The van der Waals surface area contributed by atoms with Gasteiger partial charge in [-0.1, -0.05) is 0 Å². The van der Waals surface area contributed by atoms with Crippen molar-refractivity contribution in [3.05, 3.63) is 0 Å². The second-order valence-electron chi connectivity index (χ2n) is 1.87. The normalized spacial score (nSPS) is 15.1. The van der Waals surface area contributed by atoms with Crippen molar-refractivity contribution in [1.82, 2.24) is 5.32 Å². The van der Waals surface area contributed by atoms with Crippen molar-refractivity contribution < 1.29 is 0 Å². The van der Waals surface area contributed by atoms with E-state index in [1.54, 1.807) is 13.8 Å². The lowest BCUT2D eigenvalue weighted by atomic mass is 10.3. The predicted octanol–water partition coefficient (Wildman–Crippen LogP) is 0.400. The summed E-state index contributed by atoms with van der Waals surface area (Å²) in [7, 11) is 0. The number of hydrogen-bond donors (Lipinski definition) is 1. The van der Waals surface area contributed by atoms with Crippen molar-refractivity contribution >= 4 is 0 Å². The molecule has 0 bridgehead atoms. The van der Waals surface area contributed by atoms with E-state index in [0.29, 0.717) is 0 Å². The summed E-state index contributed by atoms with van der Waals surface area (Å²) >= 11 is 0. The lowest BCUT2D eigenvalue weighted by molar-refractivity contribution is 0.601. The first-order valence-corrected chi connectivity index (χ1v) is 2.76. The summed E-state index contributed by atoms with van der Waals surface area (Å²) < 4.78 is 0. The first-order chi connectivity index (χ1) is 4.20. The predicted molar refractivity (Wildman–Crippen MR) is 33.3 cm³/mol. The van der Waals surface area contributed by atoms with E-state index in [0.717, 1.165) is 0 Å². The summed E-state index contributed by atoms with van der Waals surface area (Å²) in [6.07, 6.45) is 0. The molecule has 0 aromatic heterocycles. The maximum absolute atomic E-state index is 8.26. The molecule has 0 aromatic rings. The first-order valence-electron chi connectivity index (χ1n) is 2.76. The van der Waals surface area contributed by atoms with Crippen molar-refractivity contribution in [2.75, 3.05) is 0 Å². The minimum atomic E-state index is -0.236. The molecule has 0 aromatic carbocycles. The van der Waals surface area contributed by atoms with Crippen LogP contribution in [0, 0.1) is 22.7 Å². The molecule has 0 radical (unpaired) electrons. The van der Waals surface area contributed by atoms with Gasteiger partial charge in [0.15, 0.2) is 0 Å². The topological polar surface area (TPSA) is 59.6 Å². The number of rotatable bonds is 2. The molecule has 0 fully saturated rings. The summed E-state index contributed by atoms with van der Waals surface area (Å²) in [5, 5.41) is 19.3. The monoisotopic (exact) mass is 123 g/mol. The van der Waals surface area contributed by atoms with E-state index < -0.39 is 0 Å². The Morgan fingerprint density at radius 1 is 1.11 bits per heavy atom. The van der Waals surface area contributed by atoms with E-state index in [2.05, 4.69) is 5.32 Å². The van der Waals surface area contributed by atoms with E-state index in [1.165, 1.54) is 0 Å². The number of nitrogens with zero attached hydrogens (tertiary/aromatic N) is 2. The van der Waals surface area contributed by atoms with Gasteiger partial charge in [-0.25, -0.2) is 0 Å². The third-order valence-electron chi connectivity index (χ3n) is 0.887. The van der Waals surface area contributed by atoms with E-state index in [9.17, 15) is 0 Å². The minimum Gasteiger partial charge on any atom is -0.287 e. The van der Waals surface area contributed by atoms with Crippen LogP contribution in [0.25, 0.3) is 0 Å². The van der Waals surface area contributed by atoms with Gasteiger partial charge in [0.1, 0.15) is 0 Å². The molecule has 0 heterocycles. The Labute approximate surface area is 54.9 Å². The van der Waals surface area contributed by atoms with Gasteiger partial charge in [0.2, 0.25) is 0 Å². The molecule has 0 aliphatic carbocycles. The number of nitrogens with one attached hydrogen (secondary N) is 1.